The first-order valence-electron chi connectivity index (χ1n) is 5.54. The van der Waals surface area contributed by atoms with Crippen LogP contribution in [0.3, 0.4) is 0 Å². The Labute approximate surface area is 110 Å². The lowest BCUT2D eigenvalue weighted by Crippen LogP contribution is -2.38. The number of morpholine rings is 1. The number of carbonyl (C=O) groups is 1. The van der Waals surface area contributed by atoms with Gasteiger partial charge in [-0.25, -0.2) is 10.5 Å². The number of ether oxygens (including phenoxy) is 1. The number of hydroxylamine groups is 1. The maximum atomic E-state index is 11.8. The van der Waals surface area contributed by atoms with Crippen LogP contribution >= 0.6 is 11.6 Å². The Bertz CT molecular complexity index is 436. The average Bonchev–Trinajstić information content (AvgIpc) is 2.40. The number of nitrogens with zero attached hydrogens (tertiary/aromatic N) is 2. The van der Waals surface area contributed by atoms with Crippen molar-refractivity contribution in [2.45, 2.75) is 0 Å². The number of rotatable bonds is 3. The molecule has 1 aliphatic heterocycles. The van der Waals surface area contributed by atoms with Crippen LogP contribution in [-0.2, 0) is 9.57 Å². The number of carbonyl (C=O) groups excluding carboxylic acids is 1. The predicted octanol–water partition coefficient (Wildman–Crippen LogP) is 0.863. The van der Waals surface area contributed by atoms with Crippen LogP contribution in [0.25, 0.3) is 0 Å². The molecular weight excluding hydrogens is 258 g/mol. The van der Waals surface area contributed by atoms with E-state index in [1.54, 1.807) is 6.07 Å². The molecule has 1 amide bonds. The molecule has 1 N–H and O–H groups in total. The van der Waals surface area contributed by atoms with E-state index in [0.29, 0.717) is 42.7 Å². The summed E-state index contributed by atoms with van der Waals surface area (Å²) in [5.41, 5.74) is 3.25. The molecule has 0 spiro atoms. The third kappa shape index (κ3) is 2.90. The first-order valence-corrected chi connectivity index (χ1v) is 5.91. The van der Waals surface area contributed by atoms with Gasteiger partial charge in [-0.1, -0.05) is 11.6 Å². The molecule has 2 rings (SSSR count). The molecule has 1 aliphatic rings. The normalized spacial score (nSPS) is 15.6. The molecule has 0 atom stereocenters. The number of aromatic nitrogens is 1. The van der Waals surface area contributed by atoms with Crippen LogP contribution in [0.5, 0.6) is 0 Å². The van der Waals surface area contributed by atoms with Gasteiger partial charge in [0, 0.05) is 19.3 Å². The Balaban J connectivity index is 2.30. The molecule has 0 saturated carbocycles. The highest BCUT2D eigenvalue weighted by atomic mass is 35.5. The van der Waals surface area contributed by atoms with Gasteiger partial charge in [-0.15, -0.1) is 0 Å². The number of hydrogen-bond donors (Lipinski definition) is 1. The molecule has 0 aliphatic carbocycles. The predicted molar refractivity (Wildman–Crippen MR) is 66.8 cm³/mol. The van der Waals surface area contributed by atoms with Crippen molar-refractivity contribution >= 4 is 23.2 Å². The van der Waals surface area contributed by atoms with E-state index >= 15 is 0 Å². The lowest BCUT2D eigenvalue weighted by atomic mass is 10.2. The minimum absolute atomic E-state index is 0.295. The highest BCUT2D eigenvalue weighted by molar-refractivity contribution is 6.30. The van der Waals surface area contributed by atoms with Crippen LogP contribution in [0.15, 0.2) is 12.3 Å². The van der Waals surface area contributed by atoms with E-state index in [4.69, 9.17) is 16.3 Å². The molecule has 18 heavy (non-hydrogen) atoms. The molecule has 6 nitrogen and oxygen atoms in total. The van der Waals surface area contributed by atoms with Crippen LogP contribution in [-0.4, -0.2) is 44.3 Å². The van der Waals surface area contributed by atoms with Crippen molar-refractivity contribution in [3.8, 4) is 0 Å². The average molecular weight is 272 g/mol. The van der Waals surface area contributed by atoms with E-state index in [-0.39, 0.29) is 0 Å². The Morgan fingerprint density at radius 1 is 1.56 bits per heavy atom. The van der Waals surface area contributed by atoms with Crippen molar-refractivity contribution in [3.63, 3.8) is 0 Å². The summed E-state index contributed by atoms with van der Waals surface area (Å²) in [4.78, 5) is 22.5. The molecule has 98 valence electrons. The second-order valence-electron chi connectivity index (χ2n) is 3.76. The van der Waals surface area contributed by atoms with Gasteiger partial charge in [0.05, 0.1) is 31.0 Å². The topological polar surface area (TPSA) is 63.7 Å². The summed E-state index contributed by atoms with van der Waals surface area (Å²) in [7, 11) is 1.38. The number of halogens is 1. The van der Waals surface area contributed by atoms with Gasteiger partial charge in [-0.05, 0) is 6.07 Å². The Morgan fingerprint density at radius 2 is 2.28 bits per heavy atom. The summed E-state index contributed by atoms with van der Waals surface area (Å²) in [5, 5.41) is 0.491. The van der Waals surface area contributed by atoms with Gasteiger partial charge in [0.1, 0.15) is 0 Å². The van der Waals surface area contributed by atoms with Crippen molar-refractivity contribution in [1.82, 2.24) is 10.5 Å². The largest absolute Gasteiger partial charge is 0.378 e. The minimum Gasteiger partial charge on any atom is -0.378 e. The molecule has 7 heteroatoms. The third-order valence-corrected chi connectivity index (χ3v) is 2.80. The highest BCUT2D eigenvalue weighted by Crippen LogP contribution is 2.23. The van der Waals surface area contributed by atoms with E-state index in [9.17, 15) is 4.79 Å². The number of amides is 1. The van der Waals surface area contributed by atoms with Gasteiger partial charge in [0.15, 0.2) is 5.69 Å². The summed E-state index contributed by atoms with van der Waals surface area (Å²) in [6.07, 6.45) is 1.44. The molecule has 2 heterocycles. The zero-order valence-electron chi connectivity index (χ0n) is 9.98. The third-order valence-electron chi connectivity index (χ3n) is 2.60. The molecule has 0 radical (unpaired) electrons. The van der Waals surface area contributed by atoms with Crippen LogP contribution in [0.4, 0.5) is 5.69 Å². The lowest BCUT2D eigenvalue weighted by Gasteiger charge is -2.29. The van der Waals surface area contributed by atoms with Crippen molar-refractivity contribution in [2.75, 3.05) is 38.3 Å². The summed E-state index contributed by atoms with van der Waals surface area (Å²) >= 11 is 5.93. The van der Waals surface area contributed by atoms with Crippen molar-refractivity contribution in [1.29, 1.82) is 0 Å². The van der Waals surface area contributed by atoms with E-state index in [1.807, 2.05) is 4.90 Å². The van der Waals surface area contributed by atoms with Crippen molar-refractivity contribution in [2.24, 2.45) is 0 Å². The first kappa shape index (κ1) is 13.1. The maximum absolute atomic E-state index is 11.8. The summed E-state index contributed by atoms with van der Waals surface area (Å²) in [5.74, 6) is -0.393. The molecule has 1 aromatic rings. The zero-order chi connectivity index (χ0) is 13.0. The number of nitrogens with one attached hydrogen (secondary N) is 1. The lowest BCUT2D eigenvalue weighted by molar-refractivity contribution is 0.0532. The fourth-order valence-electron chi connectivity index (χ4n) is 1.79. The molecule has 0 bridgehead atoms. The van der Waals surface area contributed by atoms with Gasteiger partial charge in [-0.2, -0.15) is 0 Å². The number of anilines is 1. The quantitative estimate of drug-likeness (QED) is 0.826. The summed E-state index contributed by atoms with van der Waals surface area (Å²) in [6.45, 7) is 2.65. The molecule has 1 aromatic heterocycles. The van der Waals surface area contributed by atoms with Crippen molar-refractivity contribution in [3.05, 3.63) is 23.0 Å². The van der Waals surface area contributed by atoms with E-state index < -0.39 is 5.91 Å². The Hall–Kier alpha value is -1.37. The fraction of sp³-hybridized carbons (Fsp3) is 0.455. The van der Waals surface area contributed by atoms with E-state index in [1.165, 1.54) is 13.3 Å². The van der Waals surface area contributed by atoms with Gasteiger partial charge < -0.3 is 9.64 Å². The number of pyridine rings is 1. The molecule has 1 fully saturated rings. The second-order valence-corrected chi connectivity index (χ2v) is 4.19. The van der Waals surface area contributed by atoms with Crippen LogP contribution in [0.2, 0.25) is 5.02 Å². The summed E-state index contributed by atoms with van der Waals surface area (Å²) < 4.78 is 5.28. The summed E-state index contributed by atoms with van der Waals surface area (Å²) in [6, 6.07) is 1.73. The van der Waals surface area contributed by atoms with Gasteiger partial charge in [0.2, 0.25) is 0 Å². The SMILES string of the molecule is CONC(=O)c1ncc(Cl)cc1N1CCOCC1. The molecular formula is C11H14ClN3O3. The van der Waals surface area contributed by atoms with Crippen LogP contribution in [0.1, 0.15) is 10.5 Å². The first-order chi connectivity index (χ1) is 8.72. The van der Waals surface area contributed by atoms with E-state index in [0.717, 1.165) is 0 Å². The smallest absolute Gasteiger partial charge is 0.295 e. The maximum Gasteiger partial charge on any atom is 0.295 e. The standard InChI is InChI=1S/C11H14ClN3O3/c1-17-14-11(16)10-9(6-8(12)7-13-10)15-2-4-18-5-3-15/h6-7H,2-5H2,1H3,(H,14,16). The zero-order valence-corrected chi connectivity index (χ0v) is 10.7. The molecule has 0 aromatic carbocycles. The van der Waals surface area contributed by atoms with Gasteiger partial charge >= 0.3 is 0 Å². The number of hydrogen-bond acceptors (Lipinski definition) is 5. The van der Waals surface area contributed by atoms with Gasteiger partial charge in [0.25, 0.3) is 5.91 Å². The van der Waals surface area contributed by atoms with Crippen LogP contribution in [0, 0.1) is 0 Å². The monoisotopic (exact) mass is 271 g/mol. The van der Waals surface area contributed by atoms with Gasteiger partial charge in [-0.3, -0.25) is 9.63 Å². The Kier molecular flexibility index (Phi) is 4.35. The van der Waals surface area contributed by atoms with Crippen LogP contribution < -0.4 is 10.4 Å². The molecule has 1 saturated heterocycles. The highest BCUT2D eigenvalue weighted by Gasteiger charge is 2.20. The Morgan fingerprint density at radius 3 is 2.94 bits per heavy atom. The molecule has 0 unspecified atom stereocenters. The van der Waals surface area contributed by atoms with E-state index in [2.05, 4.69) is 15.3 Å². The minimum atomic E-state index is -0.393. The van der Waals surface area contributed by atoms with Crippen molar-refractivity contribution < 1.29 is 14.4 Å². The second kappa shape index (κ2) is 5.99. The fourth-order valence-corrected chi connectivity index (χ4v) is 1.94.